The molecule has 0 radical (unpaired) electrons. The zero-order chi connectivity index (χ0) is 20.3. The molecule has 0 unspecified atom stereocenters. The van der Waals surface area contributed by atoms with Gasteiger partial charge in [-0.1, -0.05) is 11.6 Å². The van der Waals surface area contributed by atoms with E-state index in [2.05, 4.69) is 21.7 Å². The lowest BCUT2D eigenvalue weighted by Crippen LogP contribution is -2.21. The molecule has 0 aliphatic heterocycles. The van der Waals surface area contributed by atoms with Gasteiger partial charge < -0.3 is 20.3 Å². The van der Waals surface area contributed by atoms with E-state index in [-0.39, 0.29) is 28.9 Å². The molecule has 0 spiro atoms. The Kier molecular flexibility index (Phi) is 5.83. The molecule has 144 valence electrons. The predicted octanol–water partition coefficient (Wildman–Crippen LogP) is 3.38. The molecule has 0 saturated heterocycles. The van der Waals surface area contributed by atoms with Crippen molar-refractivity contribution in [2.24, 2.45) is 7.05 Å². The summed E-state index contributed by atoms with van der Waals surface area (Å²) in [6.07, 6.45) is 2.09. The SMILES string of the molecule is C[C@@H](CCO)Nc1cc(=O)n(C)c2ccc(Nc3ccnc(Cl)c3C#N)cc12. The molecule has 3 aromatic rings. The van der Waals surface area contributed by atoms with Crippen molar-refractivity contribution in [1.29, 1.82) is 5.26 Å². The number of hydrogen-bond donors (Lipinski definition) is 3. The lowest BCUT2D eigenvalue weighted by molar-refractivity contribution is 0.282. The van der Waals surface area contributed by atoms with E-state index < -0.39 is 0 Å². The van der Waals surface area contributed by atoms with E-state index in [4.69, 9.17) is 16.7 Å². The number of benzene rings is 1. The number of anilines is 3. The molecule has 0 fully saturated rings. The summed E-state index contributed by atoms with van der Waals surface area (Å²) in [6.45, 7) is 2.00. The average Bonchev–Trinajstić information content (AvgIpc) is 2.66. The van der Waals surface area contributed by atoms with E-state index in [0.29, 0.717) is 17.8 Å². The molecule has 8 heteroatoms. The van der Waals surface area contributed by atoms with Crippen LogP contribution in [-0.4, -0.2) is 27.3 Å². The Morgan fingerprint density at radius 2 is 2.11 bits per heavy atom. The average molecular weight is 398 g/mol. The fourth-order valence-electron chi connectivity index (χ4n) is 2.99. The Morgan fingerprint density at radius 3 is 2.82 bits per heavy atom. The maximum atomic E-state index is 12.3. The molecule has 3 rings (SSSR count). The second-order valence-corrected chi connectivity index (χ2v) is 6.86. The third-order valence-corrected chi connectivity index (χ3v) is 4.79. The van der Waals surface area contributed by atoms with Gasteiger partial charge in [-0.25, -0.2) is 4.98 Å². The number of hydrogen-bond acceptors (Lipinski definition) is 6. The first-order valence-corrected chi connectivity index (χ1v) is 9.15. The number of pyridine rings is 2. The number of rotatable bonds is 6. The van der Waals surface area contributed by atoms with Crippen LogP contribution in [0.15, 0.2) is 41.3 Å². The minimum atomic E-state index is -0.125. The van der Waals surface area contributed by atoms with Gasteiger partial charge in [0.1, 0.15) is 16.8 Å². The van der Waals surface area contributed by atoms with Gasteiger partial charge in [0, 0.05) is 48.7 Å². The van der Waals surface area contributed by atoms with Gasteiger partial charge in [0.15, 0.2) is 0 Å². The van der Waals surface area contributed by atoms with Crippen LogP contribution in [0.25, 0.3) is 10.9 Å². The molecule has 3 N–H and O–H groups in total. The summed E-state index contributed by atoms with van der Waals surface area (Å²) in [5, 5.41) is 25.9. The van der Waals surface area contributed by atoms with Gasteiger partial charge >= 0.3 is 0 Å². The first-order valence-electron chi connectivity index (χ1n) is 8.77. The molecule has 0 aliphatic rings. The largest absolute Gasteiger partial charge is 0.396 e. The third-order valence-electron chi connectivity index (χ3n) is 4.51. The van der Waals surface area contributed by atoms with Crippen LogP contribution in [0.5, 0.6) is 0 Å². The number of aliphatic hydroxyl groups is 1. The summed E-state index contributed by atoms with van der Waals surface area (Å²) in [6, 6.07) is 10.9. The van der Waals surface area contributed by atoms with Crippen molar-refractivity contribution in [2.45, 2.75) is 19.4 Å². The molecule has 2 aromatic heterocycles. The van der Waals surface area contributed by atoms with Crippen LogP contribution in [-0.2, 0) is 7.05 Å². The topological polar surface area (TPSA) is 103 Å². The van der Waals surface area contributed by atoms with Crippen LogP contribution >= 0.6 is 11.6 Å². The van der Waals surface area contributed by atoms with Crippen LogP contribution in [0.4, 0.5) is 17.1 Å². The van der Waals surface area contributed by atoms with Crippen molar-refractivity contribution in [1.82, 2.24) is 9.55 Å². The third kappa shape index (κ3) is 3.93. The van der Waals surface area contributed by atoms with E-state index >= 15 is 0 Å². The van der Waals surface area contributed by atoms with Crippen molar-refractivity contribution in [2.75, 3.05) is 17.2 Å². The molecule has 1 atom stereocenters. The number of aliphatic hydroxyl groups excluding tert-OH is 1. The molecule has 1 aromatic carbocycles. The zero-order valence-electron chi connectivity index (χ0n) is 15.5. The Balaban J connectivity index is 2.07. The molecule has 0 bridgehead atoms. The highest BCUT2D eigenvalue weighted by Crippen LogP contribution is 2.29. The molecule has 0 saturated carbocycles. The van der Waals surface area contributed by atoms with E-state index in [1.807, 2.05) is 25.1 Å². The molecular weight excluding hydrogens is 378 g/mol. The maximum absolute atomic E-state index is 12.3. The predicted molar refractivity (Wildman–Crippen MR) is 111 cm³/mol. The molecule has 0 aliphatic carbocycles. The number of nitrogens with one attached hydrogen (secondary N) is 2. The van der Waals surface area contributed by atoms with E-state index in [1.165, 1.54) is 6.20 Å². The highest BCUT2D eigenvalue weighted by atomic mass is 35.5. The summed E-state index contributed by atoms with van der Waals surface area (Å²) >= 11 is 6.00. The van der Waals surface area contributed by atoms with Crippen LogP contribution in [0, 0.1) is 11.3 Å². The summed E-state index contributed by atoms with van der Waals surface area (Å²) < 4.78 is 1.57. The van der Waals surface area contributed by atoms with E-state index in [1.54, 1.807) is 23.7 Å². The molecular formula is C20H20ClN5O2. The first kappa shape index (κ1) is 19.7. The number of halogens is 1. The standard InChI is InChI=1S/C20H20ClN5O2/c1-12(6-8-27)24-17-10-19(28)26(2)18-4-3-13(9-14(17)18)25-16-5-7-23-20(21)15(16)11-22/h3-5,7,9-10,12,24,27H,6,8H2,1-2H3,(H,23,25)/t12-/m0/s1. The fraction of sp³-hybridized carbons (Fsp3) is 0.250. The van der Waals surface area contributed by atoms with Crippen molar-refractivity contribution in [3.8, 4) is 6.07 Å². The Morgan fingerprint density at radius 1 is 1.32 bits per heavy atom. The second kappa shape index (κ2) is 8.30. The quantitative estimate of drug-likeness (QED) is 0.551. The van der Waals surface area contributed by atoms with Gasteiger partial charge in [-0.15, -0.1) is 0 Å². The van der Waals surface area contributed by atoms with E-state index in [9.17, 15) is 10.1 Å². The van der Waals surface area contributed by atoms with Gasteiger partial charge in [0.05, 0.1) is 11.2 Å². The van der Waals surface area contributed by atoms with Crippen molar-refractivity contribution < 1.29 is 5.11 Å². The Labute approximate surface area is 167 Å². The molecule has 28 heavy (non-hydrogen) atoms. The number of fused-ring (bicyclic) bond motifs is 1. The number of nitriles is 1. The molecule has 2 heterocycles. The lowest BCUT2D eigenvalue weighted by Gasteiger charge is -2.18. The highest BCUT2D eigenvalue weighted by molar-refractivity contribution is 6.31. The van der Waals surface area contributed by atoms with Gasteiger partial charge in [-0.05, 0) is 37.6 Å². The van der Waals surface area contributed by atoms with Gasteiger partial charge in [0.2, 0.25) is 0 Å². The fourth-order valence-corrected chi connectivity index (χ4v) is 3.19. The number of nitrogens with zero attached hydrogens (tertiary/aromatic N) is 3. The van der Waals surface area contributed by atoms with E-state index in [0.717, 1.165) is 16.6 Å². The Bertz CT molecular complexity index is 1120. The van der Waals surface area contributed by atoms with Gasteiger partial charge in [-0.2, -0.15) is 5.26 Å². The monoisotopic (exact) mass is 397 g/mol. The van der Waals surface area contributed by atoms with Crippen molar-refractivity contribution >= 4 is 39.6 Å². The normalized spacial score (nSPS) is 11.8. The lowest BCUT2D eigenvalue weighted by atomic mass is 10.1. The minimum absolute atomic E-state index is 0.00103. The number of aromatic nitrogens is 2. The van der Waals surface area contributed by atoms with Crippen molar-refractivity contribution in [3.05, 3.63) is 57.6 Å². The number of aryl methyl sites for hydroxylation is 1. The minimum Gasteiger partial charge on any atom is -0.396 e. The van der Waals surface area contributed by atoms with Crippen molar-refractivity contribution in [3.63, 3.8) is 0 Å². The first-order chi connectivity index (χ1) is 13.4. The second-order valence-electron chi connectivity index (χ2n) is 6.51. The summed E-state index contributed by atoms with van der Waals surface area (Å²) in [5.74, 6) is 0. The smallest absolute Gasteiger partial charge is 0.252 e. The molecule has 0 amide bonds. The van der Waals surface area contributed by atoms with Gasteiger partial charge in [0.25, 0.3) is 5.56 Å². The highest BCUT2D eigenvalue weighted by Gasteiger charge is 2.12. The van der Waals surface area contributed by atoms with Crippen LogP contribution in [0.1, 0.15) is 18.9 Å². The summed E-state index contributed by atoms with van der Waals surface area (Å²) in [4.78, 5) is 16.2. The Hall–Kier alpha value is -3.08. The van der Waals surface area contributed by atoms with Crippen LogP contribution in [0.3, 0.4) is 0 Å². The molecule has 7 nitrogen and oxygen atoms in total. The van der Waals surface area contributed by atoms with Crippen LogP contribution < -0.4 is 16.2 Å². The maximum Gasteiger partial charge on any atom is 0.252 e. The summed E-state index contributed by atoms with van der Waals surface area (Å²) in [5.41, 5.74) is 2.89. The zero-order valence-corrected chi connectivity index (χ0v) is 16.3. The van der Waals surface area contributed by atoms with Gasteiger partial charge in [-0.3, -0.25) is 4.79 Å². The summed E-state index contributed by atoms with van der Waals surface area (Å²) in [7, 11) is 1.72. The van der Waals surface area contributed by atoms with Crippen LogP contribution in [0.2, 0.25) is 5.15 Å².